The van der Waals surface area contributed by atoms with E-state index >= 15 is 0 Å². The van der Waals surface area contributed by atoms with Gasteiger partial charge in [-0.1, -0.05) is 0 Å². The van der Waals surface area contributed by atoms with Gasteiger partial charge < -0.3 is 10.2 Å². The lowest BCUT2D eigenvalue weighted by Crippen LogP contribution is -2.10. The summed E-state index contributed by atoms with van der Waals surface area (Å²) in [6.07, 6.45) is 1.65. The number of nitrogens with zero attached hydrogens (tertiary/aromatic N) is 3. The lowest BCUT2D eigenvalue weighted by atomic mass is 10.2. The lowest BCUT2D eigenvalue weighted by Gasteiger charge is -2.12. The van der Waals surface area contributed by atoms with E-state index in [-0.39, 0.29) is 6.04 Å². The van der Waals surface area contributed by atoms with Gasteiger partial charge in [-0.05, 0) is 38.1 Å². The molecule has 3 aromatic rings. The second kappa shape index (κ2) is 3.87. The molecule has 3 heterocycles. The van der Waals surface area contributed by atoms with Crippen LogP contribution >= 0.6 is 0 Å². The fourth-order valence-electron chi connectivity index (χ4n) is 2.12. The number of nitrogen functional groups attached to an aromatic ring is 1. The molecule has 1 atom stereocenters. The van der Waals surface area contributed by atoms with Crippen LogP contribution in [0.5, 0.6) is 0 Å². The van der Waals surface area contributed by atoms with Crippen LogP contribution in [-0.2, 0) is 0 Å². The summed E-state index contributed by atoms with van der Waals surface area (Å²) < 4.78 is 7.31. The highest BCUT2D eigenvalue weighted by atomic mass is 16.3. The summed E-state index contributed by atoms with van der Waals surface area (Å²) in [7, 11) is 0. The van der Waals surface area contributed by atoms with Crippen molar-refractivity contribution in [1.29, 1.82) is 0 Å². The largest absolute Gasteiger partial charge is 0.467 e. The molecule has 0 aliphatic heterocycles. The van der Waals surface area contributed by atoms with E-state index in [1.54, 1.807) is 6.26 Å². The molecule has 18 heavy (non-hydrogen) atoms. The number of nitrogens with two attached hydrogens (primary N) is 1. The summed E-state index contributed by atoms with van der Waals surface area (Å²) in [5, 5.41) is 0. The van der Waals surface area contributed by atoms with E-state index < -0.39 is 0 Å². The molecule has 0 radical (unpaired) electrons. The van der Waals surface area contributed by atoms with Crippen LogP contribution in [0.4, 0.5) is 5.95 Å². The number of imidazole rings is 1. The van der Waals surface area contributed by atoms with Crippen molar-refractivity contribution in [2.45, 2.75) is 19.9 Å². The molecule has 0 bridgehead atoms. The predicted molar refractivity (Wildman–Crippen MR) is 69.2 cm³/mol. The first-order valence-electron chi connectivity index (χ1n) is 5.81. The van der Waals surface area contributed by atoms with Crippen molar-refractivity contribution in [3.8, 4) is 0 Å². The minimum absolute atomic E-state index is 0.0284. The van der Waals surface area contributed by atoms with Gasteiger partial charge in [0.15, 0.2) is 5.65 Å². The second-order valence-electron chi connectivity index (χ2n) is 4.33. The topological polar surface area (TPSA) is 69.9 Å². The third-order valence-electron chi connectivity index (χ3n) is 3.05. The summed E-state index contributed by atoms with van der Waals surface area (Å²) in [5.41, 5.74) is 8.51. The number of pyridine rings is 1. The average Bonchev–Trinajstić information content (AvgIpc) is 2.94. The molecular weight excluding hydrogens is 228 g/mol. The van der Waals surface area contributed by atoms with Gasteiger partial charge in [0.1, 0.15) is 11.3 Å². The van der Waals surface area contributed by atoms with Gasteiger partial charge >= 0.3 is 0 Å². The van der Waals surface area contributed by atoms with E-state index in [0.717, 1.165) is 22.6 Å². The van der Waals surface area contributed by atoms with Crippen LogP contribution in [0.25, 0.3) is 11.2 Å². The Bertz CT molecular complexity index is 684. The maximum absolute atomic E-state index is 5.98. The van der Waals surface area contributed by atoms with E-state index in [1.165, 1.54) is 0 Å². The highest BCUT2D eigenvalue weighted by Crippen LogP contribution is 2.26. The van der Waals surface area contributed by atoms with Crippen molar-refractivity contribution >= 4 is 17.1 Å². The molecule has 0 spiro atoms. The monoisotopic (exact) mass is 242 g/mol. The van der Waals surface area contributed by atoms with Crippen LogP contribution < -0.4 is 5.73 Å². The van der Waals surface area contributed by atoms with Crippen LogP contribution in [0.15, 0.2) is 34.9 Å². The first-order chi connectivity index (χ1) is 8.66. The van der Waals surface area contributed by atoms with Gasteiger partial charge in [-0.2, -0.15) is 0 Å². The number of aryl methyl sites for hydroxylation is 1. The number of rotatable bonds is 2. The second-order valence-corrected chi connectivity index (χ2v) is 4.33. The summed E-state index contributed by atoms with van der Waals surface area (Å²) in [4.78, 5) is 8.83. The number of aromatic nitrogens is 3. The molecule has 0 amide bonds. The van der Waals surface area contributed by atoms with Gasteiger partial charge in [-0.15, -0.1) is 0 Å². The van der Waals surface area contributed by atoms with Crippen LogP contribution in [0, 0.1) is 6.92 Å². The number of fused-ring (bicyclic) bond motifs is 1. The maximum atomic E-state index is 5.98. The maximum Gasteiger partial charge on any atom is 0.203 e. The summed E-state index contributed by atoms with van der Waals surface area (Å²) in [5.74, 6) is 1.29. The Labute approximate surface area is 104 Å². The molecule has 2 N–H and O–H groups in total. The standard InChI is InChI=1S/C13H14N4O/c1-8-5-6-10-12(15-8)17(13(14)16-10)9(2)11-4-3-7-18-11/h3-7,9H,1-2H3,(H2,14,16). The number of furan rings is 1. The predicted octanol–water partition coefficient (Wildman–Crippen LogP) is 2.52. The van der Waals surface area contributed by atoms with Crippen molar-refractivity contribution in [2.24, 2.45) is 0 Å². The first-order valence-corrected chi connectivity index (χ1v) is 5.81. The van der Waals surface area contributed by atoms with Crippen LogP contribution in [0.1, 0.15) is 24.4 Å². The minimum atomic E-state index is -0.0284. The van der Waals surface area contributed by atoms with Crippen molar-refractivity contribution in [1.82, 2.24) is 14.5 Å². The van der Waals surface area contributed by atoms with Crippen molar-refractivity contribution in [3.63, 3.8) is 0 Å². The van der Waals surface area contributed by atoms with Gasteiger partial charge in [-0.3, -0.25) is 4.57 Å². The normalized spacial score (nSPS) is 13.0. The average molecular weight is 242 g/mol. The Morgan fingerprint density at radius 3 is 2.83 bits per heavy atom. The molecule has 0 fully saturated rings. The lowest BCUT2D eigenvalue weighted by molar-refractivity contribution is 0.452. The third kappa shape index (κ3) is 1.55. The van der Waals surface area contributed by atoms with E-state index in [9.17, 15) is 0 Å². The Morgan fingerprint density at radius 1 is 1.28 bits per heavy atom. The zero-order valence-corrected chi connectivity index (χ0v) is 10.3. The summed E-state index contributed by atoms with van der Waals surface area (Å²) in [6.45, 7) is 3.96. The number of hydrogen-bond acceptors (Lipinski definition) is 4. The van der Waals surface area contributed by atoms with E-state index in [2.05, 4.69) is 9.97 Å². The molecular formula is C13H14N4O. The molecule has 3 aromatic heterocycles. The quantitative estimate of drug-likeness (QED) is 0.749. The summed E-state index contributed by atoms with van der Waals surface area (Å²) >= 11 is 0. The molecule has 5 nitrogen and oxygen atoms in total. The fraction of sp³-hybridized carbons (Fsp3) is 0.231. The highest BCUT2D eigenvalue weighted by molar-refractivity contribution is 5.74. The van der Waals surface area contributed by atoms with Crippen LogP contribution in [0.2, 0.25) is 0 Å². The van der Waals surface area contributed by atoms with Crippen molar-refractivity contribution in [3.05, 3.63) is 42.0 Å². The minimum Gasteiger partial charge on any atom is -0.467 e. The number of anilines is 1. The number of hydrogen-bond donors (Lipinski definition) is 1. The van der Waals surface area contributed by atoms with E-state index in [1.807, 2.05) is 42.7 Å². The molecule has 1 unspecified atom stereocenters. The fourth-order valence-corrected chi connectivity index (χ4v) is 2.12. The van der Waals surface area contributed by atoms with Gasteiger partial charge in [0.05, 0.1) is 12.3 Å². The van der Waals surface area contributed by atoms with Gasteiger partial charge in [0.25, 0.3) is 0 Å². The molecule has 0 saturated carbocycles. The smallest absolute Gasteiger partial charge is 0.203 e. The van der Waals surface area contributed by atoms with Crippen LogP contribution in [0.3, 0.4) is 0 Å². The van der Waals surface area contributed by atoms with Crippen LogP contribution in [-0.4, -0.2) is 14.5 Å². The first kappa shape index (κ1) is 10.8. The molecule has 0 aliphatic rings. The zero-order valence-electron chi connectivity index (χ0n) is 10.3. The molecule has 92 valence electrons. The van der Waals surface area contributed by atoms with Gasteiger partial charge in [0, 0.05) is 5.69 Å². The van der Waals surface area contributed by atoms with E-state index in [4.69, 9.17) is 10.2 Å². The SMILES string of the molecule is Cc1ccc2nc(N)n(C(C)c3ccco3)c2n1. The summed E-state index contributed by atoms with van der Waals surface area (Å²) in [6, 6.07) is 7.61. The molecule has 0 saturated heterocycles. The molecule has 0 aliphatic carbocycles. The zero-order chi connectivity index (χ0) is 12.7. The van der Waals surface area contributed by atoms with Gasteiger partial charge in [0.2, 0.25) is 5.95 Å². The Kier molecular flexibility index (Phi) is 2.33. The molecule has 3 rings (SSSR count). The Balaban J connectivity index is 2.22. The Morgan fingerprint density at radius 2 is 2.11 bits per heavy atom. The van der Waals surface area contributed by atoms with Gasteiger partial charge in [-0.25, -0.2) is 9.97 Å². The van der Waals surface area contributed by atoms with Crippen molar-refractivity contribution < 1.29 is 4.42 Å². The third-order valence-corrected chi connectivity index (χ3v) is 3.05. The Hall–Kier alpha value is -2.30. The highest BCUT2D eigenvalue weighted by Gasteiger charge is 2.18. The molecule has 5 heteroatoms. The van der Waals surface area contributed by atoms with Crippen molar-refractivity contribution in [2.75, 3.05) is 5.73 Å². The van der Waals surface area contributed by atoms with E-state index in [0.29, 0.717) is 5.95 Å². The molecule has 0 aromatic carbocycles.